The van der Waals surface area contributed by atoms with Crippen molar-refractivity contribution in [1.29, 1.82) is 0 Å². The molecule has 0 saturated heterocycles. The summed E-state index contributed by atoms with van der Waals surface area (Å²) >= 11 is 15.0. The Kier molecular flexibility index (Phi) is 6.62. The highest BCUT2D eigenvalue weighted by Crippen LogP contribution is 2.29. The molecule has 0 N–H and O–H groups in total. The van der Waals surface area contributed by atoms with E-state index in [1.54, 1.807) is 0 Å². The standard InChI is InChI=1S/C6H13BrCl2Si/c1-2-3-4-5-6-10(7,8)9/h2-6H2,1H3. The SMILES string of the molecule is CCCCCC[Si](Cl)(Cl)Br. The normalized spacial score (nSPS) is 12.0. The van der Waals surface area contributed by atoms with Gasteiger partial charge in [-0.1, -0.05) is 47.9 Å². The van der Waals surface area contributed by atoms with E-state index in [0.29, 0.717) is 0 Å². The fraction of sp³-hybridized carbons (Fsp3) is 1.00. The molecule has 0 aliphatic heterocycles. The molecular formula is C6H13BrCl2Si. The van der Waals surface area contributed by atoms with E-state index in [1.165, 1.54) is 19.3 Å². The van der Waals surface area contributed by atoms with Crippen molar-refractivity contribution in [3.05, 3.63) is 0 Å². The predicted octanol–water partition coefficient (Wildman–Crippen LogP) is 4.38. The van der Waals surface area contributed by atoms with Gasteiger partial charge in [0.15, 0.2) is 0 Å². The number of hydrogen-bond donors (Lipinski definition) is 0. The van der Waals surface area contributed by atoms with E-state index in [1.807, 2.05) is 0 Å². The lowest BCUT2D eigenvalue weighted by Crippen LogP contribution is -2.06. The van der Waals surface area contributed by atoms with E-state index in [9.17, 15) is 0 Å². The second-order valence-electron chi connectivity index (χ2n) is 2.43. The molecule has 4 heteroatoms. The molecule has 10 heavy (non-hydrogen) atoms. The monoisotopic (exact) mass is 262 g/mol. The molecule has 0 unspecified atom stereocenters. The molecule has 0 aromatic rings. The highest BCUT2D eigenvalue weighted by Gasteiger charge is 2.22. The largest absolute Gasteiger partial charge is 0.317 e. The first kappa shape index (κ1) is 11.3. The van der Waals surface area contributed by atoms with E-state index in [2.05, 4.69) is 22.2 Å². The average molecular weight is 264 g/mol. The Bertz CT molecular complexity index is 82.3. The van der Waals surface area contributed by atoms with Crippen LogP contribution in [0.1, 0.15) is 32.6 Å². The van der Waals surface area contributed by atoms with Gasteiger partial charge in [-0.15, -0.1) is 22.2 Å². The minimum atomic E-state index is -1.95. The van der Waals surface area contributed by atoms with Crippen molar-refractivity contribution >= 4 is 42.8 Å². The zero-order chi connectivity index (χ0) is 8.04. The molecule has 0 rings (SSSR count). The maximum atomic E-state index is 5.83. The van der Waals surface area contributed by atoms with Crippen LogP contribution in [-0.2, 0) is 0 Å². The van der Waals surface area contributed by atoms with Gasteiger partial charge in [-0.05, 0) is 6.04 Å². The molecule has 0 amide bonds. The first-order valence-electron chi connectivity index (χ1n) is 3.63. The van der Waals surface area contributed by atoms with Gasteiger partial charge in [-0.25, -0.2) is 0 Å². The van der Waals surface area contributed by atoms with Crippen LogP contribution in [0.25, 0.3) is 0 Å². The van der Waals surface area contributed by atoms with Crippen LogP contribution < -0.4 is 0 Å². The van der Waals surface area contributed by atoms with Crippen molar-refractivity contribution < 1.29 is 0 Å². The molecule has 62 valence electrons. The molecule has 0 bridgehead atoms. The summed E-state index contributed by atoms with van der Waals surface area (Å²) in [6.45, 7) is 2.19. The molecule has 0 atom stereocenters. The summed E-state index contributed by atoms with van der Waals surface area (Å²) in [7, 11) is 0. The minimum absolute atomic E-state index is 0.968. The highest BCUT2D eigenvalue weighted by atomic mass is 79.9. The van der Waals surface area contributed by atoms with Crippen LogP contribution in [0.3, 0.4) is 0 Å². The van der Waals surface area contributed by atoms with Crippen LogP contribution >= 0.6 is 37.5 Å². The lowest BCUT2D eigenvalue weighted by atomic mass is 10.2. The van der Waals surface area contributed by atoms with E-state index in [0.717, 1.165) is 12.5 Å². The summed E-state index contributed by atoms with van der Waals surface area (Å²) in [5, 5.41) is -1.95. The summed E-state index contributed by atoms with van der Waals surface area (Å²) < 4.78 is 0. The van der Waals surface area contributed by atoms with Crippen LogP contribution in [0.15, 0.2) is 0 Å². The molecule has 0 aromatic carbocycles. The van der Waals surface area contributed by atoms with Gasteiger partial charge in [0.2, 0.25) is 0 Å². The van der Waals surface area contributed by atoms with Crippen molar-refractivity contribution in [1.82, 2.24) is 0 Å². The minimum Gasteiger partial charge on any atom is -0.131 e. The summed E-state index contributed by atoms with van der Waals surface area (Å²) in [5.41, 5.74) is 0. The second kappa shape index (κ2) is 5.87. The Morgan fingerprint density at radius 2 is 1.80 bits per heavy atom. The van der Waals surface area contributed by atoms with Gasteiger partial charge in [0.25, 0.3) is 0 Å². The topological polar surface area (TPSA) is 0 Å². The van der Waals surface area contributed by atoms with E-state index in [4.69, 9.17) is 22.2 Å². The summed E-state index contributed by atoms with van der Waals surface area (Å²) in [4.78, 5) is 0. The first-order chi connectivity index (χ1) is 4.56. The van der Waals surface area contributed by atoms with E-state index < -0.39 is 5.31 Å². The van der Waals surface area contributed by atoms with Gasteiger partial charge in [0.05, 0.1) is 0 Å². The molecule has 0 aliphatic carbocycles. The Morgan fingerprint density at radius 3 is 2.20 bits per heavy atom. The fourth-order valence-electron chi connectivity index (χ4n) is 0.752. The predicted molar refractivity (Wildman–Crippen MR) is 55.3 cm³/mol. The van der Waals surface area contributed by atoms with Gasteiger partial charge in [0, 0.05) is 0 Å². The van der Waals surface area contributed by atoms with Gasteiger partial charge in [-0.3, -0.25) is 0 Å². The Labute approximate surface area is 81.3 Å². The zero-order valence-electron chi connectivity index (χ0n) is 6.17. The van der Waals surface area contributed by atoms with Crippen molar-refractivity contribution in [2.45, 2.75) is 38.7 Å². The smallest absolute Gasteiger partial charge is 0.131 e. The quantitative estimate of drug-likeness (QED) is 0.392. The maximum Gasteiger partial charge on any atom is 0.317 e. The number of rotatable bonds is 5. The highest BCUT2D eigenvalue weighted by molar-refractivity contribution is 9.29. The number of halogens is 3. The third-order valence-corrected chi connectivity index (χ3v) is 4.56. The van der Waals surface area contributed by atoms with Gasteiger partial charge in [0.1, 0.15) is 0 Å². The van der Waals surface area contributed by atoms with Crippen LogP contribution in [0.2, 0.25) is 6.04 Å². The molecule has 0 spiro atoms. The van der Waals surface area contributed by atoms with Gasteiger partial charge in [-0.2, -0.15) is 0 Å². The van der Waals surface area contributed by atoms with Crippen molar-refractivity contribution in [2.75, 3.05) is 0 Å². The third-order valence-electron chi connectivity index (χ3n) is 1.31. The first-order valence-corrected chi connectivity index (χ1v) is 10.1. The van der Waals surface area contributed by atoms with E-state index in [-0.39, 0.29) is 0 Å². The molecule has 0 radical (unpaired) electrons. The van der Waals surface area contributed by atoms with Crippen molar-refractivity contribution in [2.24, 2.45) is 0 Å². The van der Waals surface area contributed by atoms with Gasteiger partial charge < -0.3 is 0 Å². The molecule has 0 aliphatic rings. The average Bonchev–Trinajstić information content (AvgIpc) is 1.78. The Morgan fingerprint density at radius 1 is 1.20 bits per heavy atom. The molecule has 0 heterocycles. The van der Waals surface area contributed by atoms with Crippen molar-refractivity contribution in [3.8, 4) is 0 Å². The molecular weight excluding hydrogens is 251 g/mol. The van der Waals surface area contributed by atoms with Crippen LogP contribution in [0.4, 0.5) is 0 Å². The molecule has 0 nitrogen and oxygen atoms in total. The third kappa shape index (κ3) is 9.28. The Hall–Kier alpha value is 1.28. The molecule has 0 aromatic heterocycles. The zero-order valence-corrected chi connectivity index (χ0v) is 10.3. The van der Waals surface area contributed by atoms with Crippen LogP contribution in [-0.4, -0.2) is 5.31 Å². The summed E-state index contributed by atoms with van der Waals surface area (Å²) in [6.07, 6.45) is 4.99. The van der Waals surface area contributed by atoms with Crippen LogP contribution in [0.5, 0.6) is 0 Å². The van der Waals surface area contributed by atoms with E-state index >= 15 is 0 Å². The number of hydrogen-bond acceptors (Lipinski definition) is 0. The lowest BCUT2D eigenvalue weighted by molar-refractivity contribution is 0.700. The molecule has 0 fully saturated rings. The maximum absolute atomic E-state index is 5.83. The van der Waals surface area contributed by atoms with Crippen molar-refractivity contribution in [3.63, 3.8) is 0 Å². The molecule has 0 saturated carbocycles. The fourth-order valence-corrected chi connectivity index (χ4v) is 3.05. The lowest BCUT2D eigenvalue weighted by Gasteiger charge is -2.06. The summed E-state index contributed by atoms with van der Waals surface area (Å²) in [5.74, 6) is 0. The second-order valence-corrected chi connectivity index (χ2v) is 15.4. The summed E-state index contributed by atoms with van der Waals surface area (Å²) in [6, 6.07) is 0.968. The van der Waals surface area contributed by atoms with Crippen LogP contribution in [0, 0.1) is 0 Å². The van der Waals surface area contributed by atoms with Gasteiger partial charge >= 0.3 is 5.31 Å². The number of unbranched alkanes of at least 4 members (excludes halogenated alkanes) is 3. The Balaban J connectivity index is 3.04.